The van der Waals surface area contributed by atoms with Crippen molar-refractivity contribution in [3.05, 3.63) is 0 Å². The lowest BCUT2D eigenvalue weighted by atomic mass is 10.1. The van der Waals surface area contributed by atoms with Gasteiger partial charge < -0.3 is 10.4 Å². The zero-order valence-electron chi connectivity index (χ0n) is 9.54. The van der Waals surface area contributed by atoms with E-state index in [0.29, 0.717) is 13.1 Å². The fourth-order valence-corrected chi connectivity index (χ4v) is 1.84. The minimum absolute atomic E-state index is 0.0811. The van der Waals surface area contributed by atoms with Gasteiger partial charge >= 0.3 is 0 Å². The zero-order chi connectivity index (χ0) is 11.1. The minimum Gasteiger partial charge on any atom is -0.392 e. The van der Waals surface area contributed by atoms with Crippen LogP contribution in [0.25, 0.3) is 0 Å². The monoisotopic (exact) mass is 214 g/mol. The lowest BCUT2D eigenvalue weighted by molar-refractivity contribution is -0.122. The maximum Gasteiger partial charge on any atom is 0.234 e. The number of nitrogens with one attached hydrogen (secondary N) is 1. The second-order valence-corrected chi connectivity index (χ2v) is 4.23. The Morgan fingerprint density at radius 2 is 2.40 bits per heavy atom. The van der Waals surface area contributed by atoms with E-state index in [4.69, 9.17) is 0 Å². The van der Waals surface area contributed by atoms with Crippen LogP contribution in [0.2, 0.25) is 0 Å². The van der Waals surface area contributed by atoms with Gasteiger partial charge in [0.2, 0.25) is 5.91 Å². The lowest BCUT2D eigenvalue weighted by Gasteiger charge is -2.29. The summed E-state index contributed by atoms with van der Waals surface area (Å²) < 4.78 is 0. The van der Waals surface area contributed by atoms with E-state index in [1.165, 1.54) is 0 Å². The first-order valence-electron chi connectivity index (χ1n) is 5.89. The van der Waals surface area contributed by atoms with Gasteiger partial charge in [-0.1, -0.05) is 13.3 Å². The molecule has 4 heteroatoms. The number of rotatable bonds is 5. The molecule has 15 heavy (non-hydrogen) atoms. The predicted octanol–water partition coefficient (Wildman–Crippen LogP) is 0.359. The van der Waals surface area contributed by atoms with E-state index in [1.807, 2.05) is 4.90 Å². The number of likely N-dealkylation sites (tertiary alicyclic amines) is 1. The zero-order valence-corrected chi connectivity index (χ0v) is 9.54. The second-order valence-electron chi connectivity index (χ2n) is 4.23. The van der Waals surface area contributed by atoms with Crippen molar-refractivity contribution in [2.45, 2.75) is 38.7 Å². The van der Waals surface area contributed by atoms with E-state index in [1.54, 1.807) is 0 Å². The van der Waals surface area contributed by atoms with Crippen molar-refractivity contribution < 1.29 is 9.90 Å². The van der Waals surface area contributed by atoms with Crippen LogP contribution in [0.15, 0.2) is 0 Å². The van der Waals surface area contributed by atoms with E-state index in [0.717, 1.165) is 38.8 Å². The molecule has 1 aliphatic heterocycles. The number of hydrogen-bond donors (Lipinski definition) is 2. The van der Waals surface area contributed by atoms with Gasteiger partial charge in [-0.2, -0.15) is 0 Å². The number of β-amino-alcohol motifs (C(OH)–C–C–N with tert-alkyl or cyclic N) is 1. The average Bonchev–Trinajstić information content (AvgIpc) is 2.18. The third-order valence-corrected chi connectivity index (χ3v) is 2.70. The Morgan fingerprint density at radius 3 is 3.07 bits per heavy atom. The molecule has 0 aromatic heterocycles. The van der Waals surface area contributed by atoms with Crippen molar-refractivity contribution in [1.82, 2.24) is 10.2 Å². The molecule has 1 atom stereocenters. The third-order valence-electron chi connectivity index (χ3n) is 2.70. The molecule has 1 aliphatic rings. The number of hydrogen-bond acceptors (Lipinski definition) is 3. The smallest absolute Gasteiger partial charge is 0.234 e. The van der Waals surface area contributed by atoms with Gasteiger partial charge in [0.15, 0.2) is 0 Å². The van der Waals surface area contributed by atoms with E-state index in [-0.39, 0.29) is 12.0 Å². The van der Waals surface area contributed by atoms with Crippen LogP contribution in [0.4, 0.5) is 0 Å². The highest BCUT2D eigenvalue weighted by Gasteiger charge is 2.19. The molecular formula is C11H22N2O2. The van der Waals surface area contributed by atoms with Crippen molar-refractivity contribution in [1.29, 1.82) is 0 Å². The largest absolute Gasteiger partial charge is 0.392 e. The van der Waals surface area contributed by atoms with Gasteiger partial charge in [0.05, 0.1) is 12.6 Å². The third kappa shape index (κ3) is 5.14. The molecule has 1 saturated heterocycles. The number of unbranched alkanes of at least 4 members (excludes halogenated alkanes) is 1. The second kappa shape index (κ2) is 6.80. The molecular weight excluding hydrogens is 192 g/mol. The summed E-state index contributed by atoms with van der Waals surface area (Å²) in [6.07, 6.45) is 3.75. The highest BCUT2D eigenvalue weighted by atomic mass is 16.3. The summed E-state index contributed by atoms with van der Waals surface area (Å²) in [4.78, 5) is 13.5. The van der Waals surface area contributed by atoms with Gasteiger partial charge in [-0.05, 0) is 25.8 Å². The van der Waals surface area contributed by atoms with Crippen LogP contribution in [0, 0.1) is 0 Å². The standard InChI is InChI=1S/C11H22N2O2/c1-2-3-6-12-11(15)9-13-7-4-5-10(14)8-13/h10,14H,2-9H2,1H3,(H,12,15)/t10-/m1/s1. The van der Waals surface area contributed by atoms with Crippen LogP contribution in [-0.2, 0) is 4.79 Å². The van der Waals surface area contributed by atoms with E-state index in [2.05, 4.69) is 12.2 Å². The SMILES string of the molecule is CCCCNC(=O)CN1CCC[C@@H](O)C1. The first-order valence-corrected chi connectivity index (χ1v) is 5.89. The van der Waals surface area contributed by atoms with Gasteiger partial charge in [-0.15, -0.1) is 0 Å². The van der Waals surface area contributed by atoms with E-state index < -0.39 is 0 Å². The molecule has 1 fully saturated rings. The lowest BCUT2D eigenvalue weighted by Crippen LogP contribution is -2.44. The van der Waals surface area contributed by atoms with Gasteiger partial charge in [0.1, 0.15) is 0 Å². The summed E-state index contributed by atoms with van der Waals surface area (Å²) in [6.45, 7) is 4.87. The predicted molar refractivity (Wildman–Crippen MR) is 59.6 cm³/mol. The fraction of sp³-hybridized carbons (Fsp3) is 0.909. The molecule has 0 aliphatic carbocycles. The van der Waals surface area contributed by atoms with Crippen LogP contribution >= 0.6 is 0 Å². The Labute approximate surface area is 91.6 Å². The Bertz CT molecular complexity index is 197. The van der Waals surface area contributed by atoms with Crippen molar-refractivity contribution in [2.75, 3.05) is 26.2 Å². The Kier molecular flexibility index (Phi) is 5.65. The van der Waals surface area contributed by atoms with Crippen LogP contribution in [0.3, 0.4) is 0 Å². The van der Waals surface area contributed by atoms with Gasteiger partial charge in [-0.3, -0.25) is 9.69 Å². The van der Waals surface area contributed by atoms with Gasteiger partial charge in [0, 0.05) is 13.1 Å². The molecule has 88 valence electrons. The summed E-state index contributed by atoms with van der Waals surface area (Å²) in [5.41, 5.74) is 0. The summed E-state index contributed by atoms with van der Waals surface area (Å²) >= 11 is 0. The van der Waals surface area contributed by atoms with Crippen LogP contribution < -0.4 is 5.32 Å². The number of piperidine rings is 1. The molecule has 0 unspecified atom stereocenters. The van der Waals surface area contributed by atoms with Crippen molar-refractivity contribution in [2.24, 2.45) is 0 Å². The molecule has 4 nitrogen and oxygen atoms in total. The number of aliphatic hydroxyl groups is 1. The summed E-state index contributed by atoms with van der Waals surface area (Å²) in [6, 6.07) is 0. The van der Waals surface area contributed by atoms with Gasteiger partial charge in [0.25, 0.3) is 0 Å². The molecule has 2 N–H and O–H groups in total. The number of nitrogens with zero attached hydrogens (tertiary/aromatic N) is 1. The maximum absolute atomic E-state index is 11.5. The normalized spacial score (nSPS) is 22.7. The van der Waals surface area contributed by atoms with Crippen molar-refractivity contribution >= 4 is 5.91 Å². The van der Waals surface area contributed by atoms with Gasteiger partial charge in [-0.25, -0.2) is 0 Å². The van der Waals surface area contributed by atoms with Crippen LogP contribution in [-0.4, -0.2) is 48.2 Å². The number of amides is 1. The van der Waals surface area contributed by atoms with Crippen molar-refractivity contribution in [3.63, 3.8) is 0 Å². The highest BCUT2D eigenvalue weighted by Crippen LogP contribution is 2.08. The number of aliphatic hydroxyl groups excluding tert-OH is 1. The molecule has 0 spiro atoms. The average molecular weight is 214 g/mol. The number of carbonyl (C=O) groups is 1. The molecule has 0 saturated carbocycles. The maximum atomic E-state index is 11.5. The summed E-state index contributed by atoms with van der Waals surface area (Å²) in [5, 5.41) is 12.3. The molecule has 0 radical (unpaired) electrons. The minimum atomic E-state index is -0.248. The number of carbonyl (C=O) groups excluding carboxylic acids is 1. The first-order chi connectivity index (χ1) is 7.22. The van der Waals surface area contributed by atoms with E-state index in [9.17, 15) is 9.90 Å². The summed E-state index contributed by atoms with van der Waals surface area (Å²) in [7, 11) is 0. The molecule has 0 aromatic carbocycles. The quantitative estimate of drug-likeness (QED) is 0.650. The Balaban J connectivity index is 2.13. The van der Waals surface area contributed by atoms with Crippen LogP contribution in [0.1, 0.15) is 32.6 Å². The highest BCUT2D eigenvalue weighted by molar-refractivity contribution is 5.77. The molecule has 1 rings (SSSR count). The summed E-state index contributed by atoms with van der Waals surface area (Å²) in [5.74, 6) is 0.0811. The Morgan fingerprint density at radius 1 is 1.60 bits per heavy atom. The fourth-order valence-electron chi connectivity index (χ4n) is 1.84. The van der Waals surface area contributed by atoms with Crippen LogP contribution in [0.5, 0.6) is 0 Å². The first kappa shape index (κ1) is 12.5. The molecule has 1 amide bonds. The topological polar surface area (TPSA) is 52.6 Å². The molecule has 0 bridgehead atoms. The Hall–Kier alpha value is -0.610. The van der Waals surface area contributed by atoms with E-state index >= 15 is 0 Å². The van der Waals surface area contributed by atoms with Crippen molar-refractivity contribution in [3.8, 4) is 0 Å². The molecule has 1 heterocycles. The molecule has 0 aromatic rings.